The van der Waals surface area contributed by atoms with Crippen LogP contribution in [0.1, 0.15) is 47.0 Å². The molecule has 0 bridgehead atoms. The number of hydrogen-bond acceptors (Lipinski definition) is 3. The Morgan fingerprint density at radius 1 is 1.42 bits per heavy atom. The Balaban J connectivity index is 2.45. The Kier molecular flexibility index (Phi) is 4.79. The maximum atomic E-state index is 11.9. The van der Waals surface area contributed by atoms with Gasteiger partial charge in [-0.1, -0.05) is 0 Å². The van der Waals surface area contributed by atoms with E-state index in [1.807, 2.05) is 13.8 Å². The van der Waals surface area contributed by atoms with E-state index in [9.17, 15) is 9.59 Å². The lowest BCUT2D eigenvalue weighted by Crippen LogP contribution is -2.54. The van der Waals surface area contributed by atoms with Crippen LogP contribution in [0.25, 0.3) is 0 Å². The number of carboxylic acids is 1. The second-order valence-corrected chi connectivity index (χ2v) is 6.35. The van der Waals surface area contributed by atoms with Crippen molar-refractivity contribution in [2.45, 2.75) is 64.1 Å². The Hall–Kier alpha value is -1.30. The van der Waals surface area contributed by atoms with Crippen molar-refractivity contribution in [1.29, 1.82) is 0 Å². The average Bonchev–Trinajstić information content (AvgIpc) is 2.11. The molecule has 0 aromatic carbocycles. The summed E-state index contributed by atoms with van der Waals surface area (Å²) in [6.45, 7) is 7.99. The number of ether oxygens (including phenoxy) is 1. The third-order valence-corrected chi connectivity index (χ3v) is 3.08. The lowest BCUT2D eigenvalue weighted by molar-refractivity contribution is -0.138. The highest BCUT2D eigenvalue weighted by Gasteiger charge is 2.31. The average molecular weight is 272 g/mol. The van der Waals surface area contributed by atoms with Gasteiger partial charge in [-0.05, 0) is 40.5 Å². The van der Waals surface area contributed by atoms with E-state index in [1.54, 1.807) is 13.8 Å². The van der Waals surface area contributed by atoms with Crippen LogP contribution in [-0.2, 0) is 9.53 Å². The van der Waals surface area contributed by atoms with Crippen molar-refractivity contribution in [2.24, 2.45) is 0 Å². The van der Waals surface area contributed by atoms with Crippen molar-refractivity contribution in [3.8, 4) is 0 Å². The third-order valence-electron chi connectivity index (χ3n) is 3.08. The fourth-order valence-corrected chi connectivity index (χ4v) is 2.31. The van der Waals surface area contributed by atoms with Gasteiger partial charge in [-0.3, -0.25) is 4.79 Å². The summed E-state index contributed by atoms with van der Waals surface area (Å²) in [5.41, 5.74) is -0.997. The zero-order chi connectivity index (χ0) is 14.7. The molecule has 2 amide bonds. The molecule has 6 heteroatoms. The fraction of sp³-hybridized carbons (Fsp3) is 0.846. The number of aliphatic carboxylic acids is 1. The third kappa shape index (κ3) is 5.92. The van der Waals surface area contributed by atoms with Crippen LogP contribution < -0.4 is 10.6 Å². The van der Waals surface area contributed by atoms with Gasteiger partial charge in [0, 0.05) is 18.2 Å². The molecule has 1 saturated heterocycles. The molecule has 3 N–H and O–H groups in total. The van der Waals surface area contributed by atoms with Gasteiger partial charge in [0.15, 0.2) is 0 Å². The van der Waals surface area contributed by atoms with Gasteiger partial charge in [-0.2, -0.15) is 0 Å². The van der Waals surface area contributed by atoms with Gasteiger partial charge in [0.2, 0.25) is 0 Å². The number of carbonyl (C=O) groups excluding carboxylic acids is 1. The lowest BCUT2D eigenvalue weighted by Gasteiger charge is -2.36. The van der Waals surface area contributed by atoms with Crippen molar-refractivity contribution in [1.82, 2.24) is 10.6 Å². The first-order valence-corrected chi connectivity index (χ1v) is 6.54. The first-order chi connectivity index (χ1) is 8.60. The minimum Gasteiger partial charge on any atom is -0.481 e. The molecular weight excluding hydrogens is 248 g/mol. The van der Waals surface area contributed by atoms with Crippen molar-refractivity contribution < 1.29 is 19.4 Å². The Morgan fingerprint density at radius 3 is 2.58 bits per heavy atom. The normalized spacial score (nSPS) is 22.6. The molecule has 6 nitrogen and oxygen atoms in total. The molecular formula is C13H24N2O4. The maximum Gasteiger partial charge on any atom is 0.315 e. The standard InChI is InChI=1S/C13H24N2O4/c1-12(2,8-10(16)17)15-11(18)14-9-5-6-19-13(3,4)7-9/h9H,5-8H2,1-4H3,(H,16,17)(H2,14,15,18). The molecule has 1 rings (SSSR count). The van der Waals surface area contributed by atoms with Crippen molar-refractivity contribution in [2.75, 3.05) is 6.61 Å². The molecule has 0 aromatic rings. The first kappa shape index (κ1) is 15.8. The van der Waals surface area contributed by atoms with Crippen LogP contribution in [0.3, 0.4) is 0 Å². The minimum atomic E-state index is -0.933. The predicted octanol–water partition coefficient (Wildman–Crippen LogP) is 1.50. The number of hydrogen-bond donors (Lipinski definition) is 3. The summed E-state index contributed by atoms with van der Waals surface area (Å²) in [6.07, 6.45) is 1.41. The lowest BCUT2D eigenvalue weighted by atomic mass is 9.94. The summed E-state index contributed by atoms with van der Waals surface area (Å²) in [6, 6.07) is -0.265. The van der Waals surface area contributed by atoms with Crippen LogP contribution in [0.4, 0.5) is 4.79 Å². The Labute approximate surface area is 113 Å². The van der Waals surface area contributed by atoms with Crippen LogP contribution in [-0.4, -0.2) is 40.9 Å². The van der Waals surface area contributed by atoms with Crippen molar-refractivity contribution >= 4 is 12.0 Å². The van der Waals surface area contributed by atoms with E-state index < -0.39 is 11.5 Å². The number of carbonyl (C=O) groups is 2. The number of rotatable bonds is 4. The fourth-order valence-electron chi connectivity index (χ4n) is 2.31. The van der Waals surface area contributed by atoms with Gasteiger partial charge >= 0.3 is 12.0 Å². The van der Waals surface area contributed by atoms with E-state index in [-0.39, 0.29) is 24.1 Å². The zero-order valence-electron chi connectivity index (χ0n) is 12.1. The summed E-state index contributed by atoms with van der Waals surface area (Å²) >= 11 is 0. The number of carboxylic acid groups (broad SMARTS) is 1. The summed E-state index contributed by atoms with van der Waals surface area (Å²) in [5.74, 6) is -0.933. The minimum absolute atomic E-state index is 0.0596. The van der Waals surface area contributed by atoms with Crippen LogP contribution in [0.15, 0.2) is 0 Å². The van der Waals surface area contributed by atoms with Gasteiger partial charge in [-0.25, -0.2) is 4.79 Å². The SMILES string of the molecule is CC(C)(CC(=O)O)NC(=O)NC1CCOC(C)(C)C1. The maximum absolute atomic E-state index is 11.9. The Bertz CT molecular complexity index is 353. The van der Waals surface area contributed by atoms with E-state index in [2.05, 4.69) is 10.6 Å². The second-order valence-electron chi connectivity index (χ2n) is 6.35. The predicted molar refractivity (Wildman–Crippen MR) is 71.1 cm³/mol. The van der Waals surface area contributed by atoms with Crippen LogP contribution >= 0.6 is 0 Å². The summed E-state index contributed by atoms with van der Waals surface area (Å²) in [4.78, 5) is 22.5. The van der Waals surface area contributed by atoms with Crippen molar-refractivity contribution in [3.63, 3.8) is 0 Å². The quantitative estimate of drug-likeness (QED) is 0.723. The van der Waals surface area contributed by atoms with Gasteiger partial charge in [-0.15, -0.1) is 0 Å². The monoisotopic (exact) mass is 272 g/mol. The second kappa shape index (κ2) is 5.77. The van der Waals surface area contributed by atoms with E-state index in [0.29, 0.717) is 6.61 Å². The number of nitrogens with one attached hydrogen (secondary N) is 2. The first-order valence-electron chi connectivity index (χ1n) is 6.54. The molecule has 1 atom stereocenters. The number of amides is 2. The van der Waals surface area contributed by atoms with Crippen molar-refractivity contribution in [3.05, 3.63) is 0 Å². The highest BCUT2D eigenvalue weighted by molar-refractivity contribution is 5.76. The molecule has 1 aliphatic heterocycles. The molecule has 1 heterocycles. The van der Waals surface area contributed by atoms with Gasteiger partial charge in [0.1, 0.15) is 0 Å². The van der Waals surface area contributed by atoms with Gasteiger partial charge in [0.25, 0.3) is 0 Å². The molecule has 1 fully saturated rings. The molecule has 0 saturated carbocycles. The van der Waals surface area contributed by atoms with E-state index in [1.165, 1.54) is 0 Å². The molecule has 110 valence electrons. The molecule has 0 spiro atoms. The summed E-state index contributed by atoms with van der Waals surface area (Å²) in [7, 11) is 0. The van der Waals surface area contributed by atoms with Crippen LogP contribution in [0, 0.1) is 0 Å². The molecule has 19 heavy (non-hydrogen) atoms. The molecule has 0 radical (unpaired) electrons. The molecule has 0 aromatic heterocycles. The van der Waals surface area contributed by atoms with E-state index in [4.69, 9.17) is 9.84 Å². The zero-order valence-corrected chi connectivity index (χ0v) is 12.1. The Morgan fingerprint density at radius 2 is 2.05 bits per heavy atom. The molecule has 0 aliphatic carbocycles. The smallest absolute Gasteiger partial charge is 0.315 e. The summed E-state index contributed by atoms with van der Waals surface area (Å²) in [5, 5.41) is 14.3. The largest absolute Gasteiger partial charge is 0.481 e. The van der Waals surface area contributed by atoms with E-state index in [0.717, 1.165) is 12.8 Å². The van der Waals surface area contributed by atoms with Gasteiger partial charge in [0.05, 0.1) is 12.0 Å². The topological polar surface area (TPSA) is 87.7 Å². The number of urea groups is 1. The highest BCUT2D eigenvalue weighted by Crippen LogP contribution is 2.23. The summed E-state index contributed by atoms with van der Waals surface area (Å²) < 4.78 is 5.58. The van der Waals surface area contributed by atoms with Crippen LogP contribution in [0.2, 0.25) is 0 Å². The molecule has 1 aliphatic rings. The molecule has 1 unspecified atom stereocenters. The highest BCUT2D eigenvalue weighted by atomic mass is 16.5. The van der Waals surface area contributed by atoms with Gasteiger partial charge < -0.3 is 20.5 Å². The van der Waals surface area contributed by atoms with Crippen LogP contribution in [0.5, 0.6) is 0 Å². The van der Waals surface area contributed by atoms with E-state index >= 15 is 0 Å².